The van der Waals surface area contributed by atoms with E-state index in [2.05, 4.69) is 36.5 Å². The zero-order valence-electron chi connectivity index (χ0n) is 13.4. The average molecular weight is 306 g/mol. The SMILES string of the molecule is CCCCc1ccc(C2(c3ccc(O)cc3)N=CC=CN2)cc1. The standard InChI is InChI=1S/C20H22N2O/c1-2-3-5-16-6-8-17(9-7-16)20(21-14-4-15-22-20)18-10-12-19(23)13-11-18/h4,6-15,21,23H,2-3,5H2,1H3. The summed E-state index contributed by atoms with van der Waals surface area (Å²) in [7, 11) is 0. The second kappa shape index (κ2) is 6.69. The molecule has 1 heterocycles. The number of hydrogen-bond donors (Lipinski definition) is 2. The predicted molar refractivity (Wildman–Crippen MR) is 94.7 cm³/mol. The summed E-state index contributed by atoms with van der Waals surface area (Å²) < 4.78 is 0. The fourth-order valence-corrected chi connectivity index (χ4v) is 2.88. The molecule has 0 radical (unpaired) electrons. The third-order valence-electron chi connectivity index (χ3n) is 4.22. The lowest BCUT2D eigenvalue weighted by molar-refractivity contribution is 0.466. The number of allylic oxidation sites excluding steroid dienone is 1. The Balaban J connectivity index is 1.98. The molecule has 0 fully saturated rings. The minimum atomic E-state index is -0.633. The van der Waals surface area contributed by atoms with Crippen LogP contribution in [0, 0.1) is 0 Å². The summed E-state index contributed by atoms with van der Waals surface area (Å²) in [5, 5.41) is 12.9. The highest BCUT2D eigenvalue weighted by Crippen LogP contribution is 2.33. The Labute approximate surface area is 137 Å². The van der Waals surface area contributed by atoms with E-state index in [0.717, 1.165) is 17.5 Å². The fourth-order valence-electron chi connectivity index (χ4n) is 2.88. The molecule has 2 aromatic rings. The lowest BCUT2D eigenvalue weighted by Crippen LogP contribution is -2.40. The summed E-state index contributed by atoms with van der Waals surface area (Å²) in [5.74, 6) is 0.258. The Bertz CT molecular complexity index is 701. The van der Waals surface area contributed by atoms with Crippen LogP contribution < -0.4 is 5.32 Å². The number of rotatable bonds is 5. The van der Waals surface area contributed by atoms with Gasteiger partial charge in [-0.2, -0.15) is 0 Å². The van der Waals surface area contributed by atoms with Crippen molar-refractivity contribution < 1.29 is 5.11 Å². The summed E-state index contributed by atoms with van der Waals surface area (Å²) in [5.41, 5.74) is 2.80. The predicted octanol–water partition coefficient (Wildman–Crippen LogP) is 4.12. The Hall–Kier alpha value is -2.55. The Morgan fingerprint density at radius 3 is 2.22 bits per heavy atom. The van der Waals surface area contributed by atoms with Crippen LogP contribution in [0.4, 0.5) is 0 Å². The molecule has 0 spiro atoms. The molecular formula is C20H22N2O. The largest absolute Gasteiger partial charge is 0.508 e. The normalized spacial score (nSPS) is 19.5. The maximum Gasteiger partial charge on any atom is 0.181 e. The van der Waals surface area contributed by atoms with Crippen molar-refractivity contribution in [1.82, 2.24) is 5.32 Å². The number of unbranched alkanes of at least 4 members (excludes halogenated alkanes) is 1. The van der Waals surface area contributed by atoms with Crippen LogP contribution in [0.2, 0.25) is 0 Å². The van der Waals surface area contributed by atoms with Crippen LogP contribution >= 0.6 is 0 Å². The lowest BCUT2D eigenvalue weighted by atomic mass is 9.90. The monoisotopic (exact) mass is 306 g/mol. The van der Waals surface area contributed by atoms with Crippen LogP contribution in [0.3, 0.4) is 0 Å². The molecule has 118 valence electrons. The molecule has 2 N–H and O–H groups in total. The summed E-state index contributed by atoms with van der Waals surface area (Å²) in [6.07, 6.45) is 9.13. The molecule has 0 saturated heterocycles. The van der Waals surface area contributed by atoms with Gasteiger partial charge in [-0.05, 0) is 36.6 Å². The van der Waals surface area contributed by atoms with E-state index < -0.39 is 5.66 Å². The minimum absolute atomic E-state index is 0.258. The second-order valence-electron chi connectivity index (χ2n) is 5.84. The third kappa shape index (κ3) is 3.14. The number of aliphatic imine (C=N–C) groups is 1. The minimum Gasteiger partial charge on any atom is -0.508 e. The number of benzene rings is 2. The molecule has 1 aliphatic heterocycles. The highest BCUT2D eigenvalue weighted by atomic mass is 16.3. The van der Waals surface area contributed by atoms with Crippen LogP contribution in [0.1, 0.15) is 36.5 Å². The van der Waals surface area contributed by atoms with E-state index in [-0.39, 0.29) is 5.75 Å². The van der Waals surface area contributed by atoms with Crippen LogP contribution in [0.5, 0.6) is 5.75 Å². The maximum absolute atomic E-state index is 9.56. The molecule has 0 saturated carbocycles. The van der Waals surface area contributed by atoms with E-state index >= 15 is 0 Å². The van der Waals surface area contributed by atoms with Crippen molar-refractivity contribution in [2.24, 2.45) is 4.99 Å². The van der Waals surface area contributed by atoms with Crippen LogP contribution in [0.15, 0.2) is 65.8 Å². The number of nitrogens with zero attached hydrogens (tertiary/aromatic N) is 1. The van der Waals surface area contributed by atoms with Gasteiger partial charge in [-0.15, -0.1) is 0 Å². The lowest BCUT2D eigenvalue weighted by Gasteiger charge is -2.33. The first-order valence-corrected chi connectivity index (χ1v) is 8.11. The molecule has 3 rings (SSSR count). The maximum atomic E-state index is 9.56. The van der Waals surface area contributed by atoms with E-state index in [4.69, 9.17) is 4.99 Å². The van der Waals surface area contributed by atoms with Crippen molar-refractivity contribution in [2.75, 3.05) is 0 Å². The van der Waals surface area contributed by atoms with Crippen LogP contribution in [0.25, 0.3) is 0 Å². The van der Waals surface area contributed by atoms with Crippen molar-refractivity contribution in [3.05, 3.63) is 77.5 Å². The van der Waals surface area contributed by atoms with E-state index in [1.165, 1.54) is 18.4 Å². The molecule has 2 aromatic carbocycles. The highest BCUT2D eigenvalue weighted by Gasteiger charge is 2.33. The molecular weight excluding hydrogens is 284 g/mol. The topological polar surface area (TPSA) is 44.6 Å². The average Bonchev–Trinajstić information content (AvgIpc) is 2.61. The molecule has 23 heavy (non-hydrogen) atoms. The summed E-state index contributed by atoms with van der Waals surface area (Å²) in [6, 6.07) is 15.9. The zero-order chi connectivity index (χ0) is 16.1. The van der Waals surface area contributed by atoms with Gasteiger partial charge in [0.05, 0.1) is 0 Å². The van der Waals surface area contributed by atoms with Crippen LogP contribution in [-0.4, -0.2) is 11.3 Å². The number of aromatic hydroxyl groups is 1. The van der Waals surface area contributed by atoms with Crippen LogP contribution in [-0.2, 0) is 12.1 Å². The smallest absolute Gasteiger partial charge is 0.181 e. The zero-order valence-corrected chi connectivity index (χ0v) is 13.4. The second-order valence-corrected chi connectivity index (χ2v) is 5.84. The van der Waals surface area contributed by atoms with Gasteiger partial charge in [0.15, 0.2) is 5.66 Å². The number of aryl methyl sites for hydroxylation is 1. The molecule has 0 aromatic heterocycles. The molecule has 1 aliphatic rings. The van der Waals surface area contributed by atoms with Gasteiger partial charge in [0.2, 0.25) is 0 Å². The van der Waals surface area contributed by atoms with E-state index in [1.54, 1.807) is 12.1 Å². The molecule has 0 amide bonds. The summed E-state index contributed by atoms with van der Waals surface area (Å²) in [6.45, 7) is 2.21. The highest BCUT2D eigenvalue weighted by molar-refractivity contribution is 5.73. The van der Waals surface area contributed by atoms with E-state index in [0.29, 0.717) is 0 Å². The molecule has 0 aliphatic carbocycles. The molecule has 3 heteroatoms. The quantitative estimate of drug-likeness (QED) is 0.872. The van der Waals surface area contributed by atoms with Crippen molar-refractivity contribution in [1.29, 1.82) is 0 Å². The van der Waals surface area contributed by atoms with E-state index in [1.807, 2.05) is 30.6 Å². The Kier molecular flexibility index (Phi) is 4.47. The van der Waals surface area contributed by atoms with Gasteiger partial charge >= 0.3 is 0 Å². The van der Waals surface area contributed by atoms with Gasteiger partial charge < -0.3 is 10.4 Å². The molecule has 1 atom stereocenters. The summed E-state index contributed by atoms with van der Waals surface area (Å²) >= 11 is 0. The number of phenols is 1. The first-order valence-electron chi connectivity index (χ1n) is 8.11. The first-order chi connectivity index (χ1) is 11.2. The van der Waals surface area contributed by atoms with Crippen molar-refractivity contribution >= 4 is 6.21 Å². The number of hydrogen-bond acceptors (Lipinski definition) is 3. The van der Waals surface area contributed by atoms with Gasteiger partial charge in [-0.3, -0.25) is 4.99 Å². The van der Waals surface area contributed by atoms with Gasteiger partial charge in [-0.1, -0.05) is 49.7 Å². The first kappa shape index (κ1) is 15.3. The number of nitrogens with one attached hydrogen (secondary N) is 1. The van der Waals surface area contributed by atoms with Gasteiger partial charge in [0.25, 0.3) is 0 Å². The number of phenolic OH excluding ortho intramolecular Hbond substituents is 1. The van der Waals surface area contributed by atoms with E-state index in [9.17, 15) is 5.11 Å². The van der Waals surface area contributed by atoms with Gasteiger partial charge in [-0.25, -0.2) is 0 Å². The summed E-state index contributed by atoms with van der Waals surface area (Å²) in [4.78, 5) is 4.72. The van der Waals surface area contributed by atoms with Crippen molar-refractivity contribution in [3.8, 4) is 5.75 Å². The Morgan fingerprint density at radius 2 is 1.65 bits per heavy atom. The molecule has 1 unspecified atom stereocenters. The molecule has 0 bridgehead atoms. The van der Waals surface area contributed by atoms with Gasteiger partial charge in [0, 0.05) is 23.5 Å². The van der Waals surface area contributed by atoms with Crippen molar-refractivity contribution in [2.45, 2.75) is 31.8 Å². The third-order valence-corrected chi connectivity index (χ3v) is 4.22. The molecule has 3 nitrogen and oxygen atoms in total. The van der Waals surface area contributed by atoms with Crippen molar-refractivity contribution in [3.63, 3.8) is 0 Å². The Morgan fingerprint density at radius 1 is 1.00 bits per heavy atom. The van der Waals surface area contributed by atoms with Gasteiger partial charge in [0.1, 0.15) is 5.75 Å². The fraction of sp³-hybridized carbons (Fsp3) is 0.250.